The molecule has 1 aromatic carbocycles. The van der Waals surface area contributed by atoms with Gasteiger partial charge in [-0.3, -0.25) is 19.6 Å². The molecule has 1 amide bonds. The number of aromatic nitrogens is 2. The molecule has 8 heteroatoms. The summed E-state index contributed by atoms with van der Waals surface area (Å²) in [5, 5.41) is 15.0. The summed E-state index contributed by atoms with van der Waals surface area (Å²) in [7, 11) is 1.83. The number of morpholine rings is 1. The fourth-order valence-corrected chi connectivity index (χ4v) is 3.02. The minimum Gasteiger partial charge on any atom is -0.367 e. The number of nitrogens with zero attached hydrogens (tertiary/aromatic N) is 4. The van der Waals surface area contributed by atoms with Crippen LogP contribution in [0.15, 0.2) is 36.7 Å². The first-order valence-electron chi connectivity index (χ1n) is 8.01. The number of aryl methyl sites for hydroxylation is 1. The molecule has 1 saturated heterocycles. The SMILES string of the molecule is Cn1cc([C@@]2(C)CN(C(=O)Cc3cccc([N+](=O)[O-])c3)CCO2)cn1. The Labute approximate surface area is 145 Å². The average molecular weight is 344 g/mol. The Bertz CT molecular complexity index is 803. The second kappa shape index (κ2) is 6.64. The fraction of sp³-hybridized carbons (Fsp3) is 0.412. The molecule has 8 nitrogen and oxygen atoms in total. The van der Waals surface area contributed by atoms with Crippen LogP contribution in [0.3, 0.4) is 0 Å². The zero-order valence-corrected chi connectivity index (χ0v) is 14.2. The molecule has 1 aromatic heterocycles. The Morgan fingerprint density at radius 3 is 2.96 bits per heavy atom. The van der Waals surface area contributed by atoms with Gasteiger partial charge in [-0.05, 0) is 12.5 Å². The lowest BCUT2D eigenvalue weighted by atomic mass is 9.96. The van der Waals surface area contributed by atoms with Gasteiger partial charge in [0.15, 0.2) is 0 Å². The number of hydrogen-bond donors (Lipinski definition) is 0. The monoisotopic (exact) mass is 344 g/mol. The van der Waals surface area contributed by atoms with Gasteiger partial charge < -0.3 is 9.64 Å². The van der Waals surface area contributed by atoms with Crippen LogP contribution in [0.4, 0.5) is 5.69 Å². The summed E-state index contributed by atoms with van der Waals surface area (Å²) in [5.41, 5.74) is 0.939. The number of rotatable bonds is 4. The summed E-state index contributed by atoms with van der Waals surface area (Å²) in [6, 6.07) is 6.19. The van der Waals surface area contributed by atoms with E-state index in [1.165, 1.54) is 12.1 Å². The molecule has 0 aliphatic carbocycles. The maximum absolute atomic E-state index is 12.7. The van der Waals surface area contributed by atoms with E-state index in [1.54, 1.807) is 27.9 Å². The molecule has 0 unspecified atom stereocenters. The highest BCUT2D eigenvalue weighted by Gasteiger charge is 2.36. The Balaban J connectivity index is 1.72. The lowest BCUT2D eigenvalue weighted by Crippen LogP contribution is -2.50. The van der Waals surface area contributed by atoms with Crippen molar-refractivity contribution >= 4 is 11.6 Å². The first kappa shape index (κ1) is 17.1. The molecule has 1 aliphatic rings. The lowest BCUT2D eigenvalue weighted by molar-refractivity contribution is -0.384. The first-order valence-corrected chi connectivity index (χ1v) is 8.01. The van der Waals surface area contributed by atoms with Gasteiger partial charge in [-0.1, -0.05) is 12.1 Å². The standard InChI is InChI=1S/C17H20N4O4/c1-17(14-10-18-19(2)11-14)12-20(6-7-25-17)16(22)9-13-4-3-5-15(8-13)21(23)24/h3-5,8,10-11H,6-7,9,12H2,1-2H3/t17-/m1/s1. The van der Waals surface area contributed by atoms with Crippen LogP contribution in [0.1, 0.15) is 18.1 Å². The van der Waals surface area contributed by atoms with Crippen molar-refractivity contribution in [1.82, 2.24) is 14.7 Å². The van der Waals surface area contributed by atoms with Crippen LogP contribution in [0, 0.1) is 10.1 Å². The van der Waals surface area contributed by atoms with E-state index in [1.807, 2.05) is 20.2 Å². The summed E-state index contributed by atoms with van der Waals surface area (Å²) in [6.07, 6.45) is 3.76. The fourth-order valence-electron chi connectivity index (χ4n) is 3.02. The van der Waals surface area contributed by atoms with Gasteiger partial charge in [0.25, 0.3) is 5.69 Å². The molecule has 25 heavy (non-hydrogen) atoms. The van der Waals surface area contributed by atoms with Gasteiger partial charge in [-0.25, -0.2) is 0 Å². The summed E-state index contributed by atoms with van der Waals surface area (Å²) >= 11 is 0. The van der Waals surface area contributed by atoms with Gasteiger partial charge in [-0.15, -0.1) is 0 Å². The van der Waals surface area contributed by atoms with Crippen molar-refractivity contribution in [2.45, 2.75) is 18.9 Å². The maximum atomic E-state index is 12.7. The van der Waals surface area contributed by atoms with Gasteiger partial charge in [-0.2, -0.15) is 5.10 Å². The van der Waals surface area contributed by atoms with Crippen molar-refractivity contribution in [1.29, 1.82) is 0 Å². The van der Waals surface area contributed by atoms with Crippen LogP contribution >= 0.6 is 0 Å². The number of nitro groups is 1. The third-order valence-corrected chi connectivity index (χ3v) is 4.42. The quantitative estimate of drug-likeness (QED) is 0.621. The Hall–Kier alpha value is -2.74. The van der Waals surface area contributed by atoms with Gasteiger partial charge in [0.1, 0.15) is 5.60 Å². The molecule has 1 atom stereocenters. The van der Waals surface area contributed by atoms with E-state index in [0.717, 1.165) is 5.56 Å². The molecule has 0 radical (unpaired) electrons. The molecule has 1 fully saturated rings. The molecule has 2 aromatic rings. The van der Waals surface area contributed by atoms with Crippen LogP contribution in [0.2, 0.25) is 0 Å². The Kier molecular flexibility index (Phi) is 4.54. The smallest absolute Gasteiger partial charge is 0.269 e. The molecule has 3 rings (SSSR count). The van der Waals surface area contributed by atoms with Crippen molar-refractivity contribution in [2.75, 3.05) is 19.7 Å². The highest BCUT2D eigenvalue weighted by Crippen LogP contribution is 2.29. The predicted octanol–water partition coefficient (Wildman–Crippen LogP) is 1.64. The van der Waals surface area contributed by atoms with E-state index < -0.39 is 10.5 Å². The maximum Gasteiger partial charge on any atom is 0.269 e. The molecule has 0 bridgehead atoms. The first-order chi connectivity index (χ1) is 11.9. The topological polar surface area (TPSA) is 90.5 Å². The summed E-state index contributed by atoms with van der Waals surface area (Å²) in [5.74, 6) is -0.0705. The van der Waals surface area contributed by atoms with E-state index in [9.17, 15) is 14.9 Å². The van der Waals surface area contributed by atoms with Gasteiger partial charge in [0.2, 0.25) is 5.91 Å². The second-order valence-electron chi connectivity index (χ2n) is 6.40. The Morgan fingerprint density at radius 1 is 1.48 bits per heavy atom. The van der Waals surface area contributed by atoms with Crippen LogP contribution in [0.25, 0.3) is 0 Å². The largest absolute Gasteiger partial charge is 0.367 e. The molecule has 0 spiro atoms. The normalized spacial score (nSPS) is 20.5. The highest BCUT2D eigenvalue weighted by molar-refractivity contribution is 5.79. The molecular weight excluding hydrogens is 324 g/mol. The van der Waals surface area contributed by atoms with Crippen molar-refractivity contribution in [2.24, 2.45) is 7.05 Å². The van der Waals surface area contributed by atoms with Crippen LogP contribution in [0.5, 0.6) is 0 Å². The summed E-state index contributed by atoms with van der Waals surface area (Å²) in [4.78, 5) is 24.8. The predicted molar refractivity (Wildman–Crippen MR) is 89.9 cm³/mol. The van der Waals surface area contributed by atoms with Crippen LogP contribution < -0.4 is 0 Å². The molecular formula is C17H20N4O4. The van der Waals surface area contributed by atoms with E-state index >= 15 is 0 Å². The van der Waals surface area contributed by atoms with E-state index in [0.29, 0.717) is 25.3 Å². The van der Waals surface area contributed by atoms with Crippen molar-refractivity contribution in [3.63, 3.8) is 0 Å². The van der Waals surface area contributed by atoms with Crippen LogP contribution in [-0.2, 0) is 28.6 Å². The number of non-ortho nitro benzene ring substituents is 1. The second-order valence-corrected chi connectivity index (χ2v) is 6.40. The number of ether oxygens (including phenoxy) is 1. The Morgan fingerprint density at radius 2 is 2.28 bits per heavy atom. The molecule has 2 heterocycles. The zero-order chi connectivity index (χ0) is 18.0. The number of carbonyl (C=O) groups excluding carboxylic acids is 1. The molecule has 0 saturated carbocycles. The van der Waals surface area contributed by atoms with Crippen LogP contribution in [-0.4, -0.2) is 45.2 Å². The van der Waals surface area contributed by atoms with E-state index in [-0.39, 0.29) is 18.0 Å². The minimum absolute atomic E-state index is 0.00697. The van der Waals surface area contributed by atoms with E-state index in [4.69, 9.17) is 4.74 Å². The third-order valence-electron chi connectivity index (χ3n) is 4.42. The molecule has 1 aliphatic heterocycles. The number of carbonyl (C=O) groups is 1. The number of benzene rings is 1. The number of nitro benzene ring substituents is 1. The van der Waals surface area contributed by atoms with E-state index in [2.05, 4.69) is 5.10 Å². The number of hydrogen-bond acceptors (Lipinski definition) is 5. The summed E-state index contributed by atoms with van der Waals surface area (Å²) in [6.45, 7) is 3.30. The molecule has 132 valence electrons. The van der Waals surface area contributed by atoms with Crippen molar-refractivity contribution < 1.29 is 14.5 Å². The number of amides is 1. The lowest BCUT2D eigenvalue weighted by Gasteiger charge is -2.40. The average Bonchev–Trinajstić information content (AvgIpc) is 3.02. The molecule has 0 N–H and O–H groups in total. The summed E-state index contributed by atoms with van der Waals surface area (Å²) < 4.78 is 7.61. The van der Waals surface area contributed by atoms with Gasteiger partial charge >= 0.3 is 0 Å². The highest BCUT2D eigenvalue weighted by atomic mass is 16.6. The van der Waals surface area contributed by atoms with Crippen molar-refractivity contribution in [3.05, 3.63) is 57.9 Å². The minimum atomic E-state index is -0.606. The zero-order valence-electron chi connectivity index (χ0n) is 14.2. The third kappa shape index (κ3) is 3.69. The van der Waals surface area contributed by atoms with Crippen molar-refractivity contribution in [3.8, 4) is 0 Å². The van der Waals surface area contributed by atoms with Gasteiger partial charge in [0, 0.05) is 37.5 Å². The van der Waals surface area contributed by atoms with Gasteiger partial charge in [0.05, 0.1) is 30.7 Å².